The lowest BCUT2D eigenvalue weighted by Crippen LogP contribution is -2.45. The minimum atomic E-state index is 0.237. The lowest BCUT2D eigenvalue weighted by molar-refractivity contribution is -0.123. The average Bonchev–Trinajstić information content (AvgIpc) is 2.39. The Morgan fingerprint density at radius 1 is 1.29 bits per heavy atom. The highest BCUT2D eigenvalue weighted by molar-refractivity contribution is 5.76. The van der Waals surface area contributed by atoms with Crippen LogP contribution in [-0.2, 0) is 9.53 Å². The molecule has 4 nitrogen and oxygen atoms in total. The Morgan fingerprint density at radius 2 is 1.95 bits per heavy atom. The Balaban J connectivity index is 2.15. The number of hydrogen-bond donors (Lipinski definition) is 1. The molecule has 0 saturated carbocycles. The fraction of sp³-hybridized carbons (Fsp3) is 0.941. The van der Waals surface area contributed by atoms with Crippen LogP contribution in [0.25, 0.3) is 0 Å². The molecule has 1 N–H and O–H groups in total. The number of carbonyl (C=O) groups is 1. The zero-order valence-electron chi connectivity index (χ0n) is 14.4. The Labute approximate surface area is 130 Å². The fourth-order valence-electron chi connectivity index (χ4n) is 3.22. The van der Waals surface area contributed by atoms with Crippen molar-refractivity contribution in [1.82, 2.24) is 10.2 Å². The third kappa shape index (κ3) is 8.42. The van der Waals surface area contributed by atoms with Gasteiger partial charge < -0.3 is 15.0 Å². The molecule has 1 rings (SSSR count). The van der Waals surface area contributed by atoms with Crippen LogP contribution in [0.1, 0.15) is 52.9 Å². The Kier molecular flexibility index (Phi) is 8.93. The first-order valence-corrected chi connectivity index (χ1v) is 8.52. The number of nitrogens with one attached hydrogen (secondary N) is 1. The molecule has 0 radical (unpaired) electrons. The molecule has 0 spiro atoms. The van der Waals surface area contributed by atoms with Crippen molar-refractivity contribution < 1.29 is 9.53 Å². The molecule has 1 aliphatic rings. The number of hydrogen-bond acceptors (Lipinski definition) is 3. The van der Waals surface area contributed by atoms with Crippen LogP contribution in [0.3, 0.4) is 0 Å². The van der Waals surface area contributed by atoms with Gasteiger partial charge in [-0.15, -0.1) is 0 Å². The molecule has 1 fully saturated rings. The van der Waals surface area contributed by atoms with Gasteiger partial charge in [-0.2, -0.15) is 0 Å². The molecule has 124 valence electrons. The van der Waals surface area contributed by atoms with Gasteiger partial charge in [-0.25, -0.2) is 0 Å². The zero-order valence-corrected chi connectivity index (χ0v) is 14.4. The zero-order chi connectivity index (χ0) is 15.7. The molecule has 1 atom stereocenters. The number of likely N-dealkylation sites (tertiary alicyclic amines) is 1. The van der Waals surface area contributed by atoms with Crippen LogP contribution in [0, 0.1) is 11.8 Å². The van der Waals surface area contributed by atoms with Crippen molar-refractivity contribution in [3.05, 3.63) is 0 Å². The topological polar surface area (TPSA) is 41.6 Å². The summed E-state index contributed by atoms with van der Waals surface area (Å²) in [5.41, 5.74) is 0. The summed E-state index contributed by atoms with van der Waals surface area (Å²) in [6.45, 7) is 10.7. The molecule has 0 aromatic rings. The Bertz CT molecular complexity index is 287. The normalized spacial score (nSPS) is 18.9. The smallest absolute Gasteiger partial charge is 0.220 e. The van der Waals surface area contributed by atoms with Crippen molar-refractivity contribution in [3.8, 4) is 0 Å². The summed E-state index contributed by atoms with van der Waals surface area (Å²) < 4.78 is 5.09. The number of rotatable bonds is 9. The van der Waals surface area contributed by atoms with Crippen molar-refractivity contribution >= 4 is 5.91 Å². The van der Waals surface area contributed by atoms with Gasteiger partial charge in [-0.05, 0) is 37.5 Å². The largest absolute Gasteiger partial charge is 0.385 e. The second-order valence-electron chi connectivity index (χ2n) is 6.97. The lowest BCUT2D eigenvalue weighted by atomic mass is 9.95. The van der Waals surface area contributed by atoms with Gasteiger partial charge in [-0.1, -0.05) is 20.8 Å². The predicted molar refractivity (Wildman–Crippen MR) is 87.3 cm³/mol. The molecule has 1 amide bonds. The number of nitrogens with zero attached hydrogens (tertiary/aromatic N) is 1. The van der Waals surface area contributed by atoms with E-state index in [1.807, 2.05) is 0 Å². The van der Waals surface area contributed by atoms with Gasteiger partial charge in [0.25, 0.3) is 0 Å². The van der Waals surface area contributed by atoms with E-state index in [4.69, 9.17) is 4.74 Å². The number of piperidine rings is 1. The number of amides is 1. The molecule has 0 aromatic carbocycles. The molecule has 1 saturated heterocycles. The van der Waals surface area contributed by atoms with Crippen LogP contribution in [0.15, 0.2) is 0 Å². The summed E-state index contributed by atoms with van der Waals surface area (Å²) in [4.78, 5) is 14.5. The minimum Gasteiger partial charge on any atom is -0.385 e. The monoisotopic (exact) mass is 298 g/mol. The molecule has 4 heteroatoms. The number of methoxy groups -OCH3 is 1. The van der Waals surface area contributed by atoms with Gasteiger partial charge in [0, 0.05) is 45.8 Å². The Hall–Kier alpha value is -0.610. The third-order valence-corrected chi connectivity index (χ3v) is 4.18. The van der Waals surface area contributed by atoms with E-state index in [9.17, 15) is 4.79 Å². The molecular weight excluding hydrogens is 264 g/mol. The van der Waals surface area contributed by atoms with E-state index < -0.39 is 0 Å². The summed E-state index contributed by atoms with van der Waals surface area (Å²) >= 11 is 0. The highest BCUT2D eigenvalue weighted by Crippen LogP contribution is 2.15. The fourth-order valence-corrected chi connectivity index (χ4v) is 3.22. The van der Waals surface area contributed by atoms with E-state index >= 15 is 0 Å². The van der Waals surface area contributed by atoms with Gasteiger partial charge >= 0.3 is 0 Å². The van der Waals surface area contributed by atoms with Crippen LogP contribution in [-0.4, -0.2) is 50.2 Å². The van der Waals surface area contributed by atoms with Crippen LogP contribution < -0.4 is 5.32 Å². The Morgan fingerprint density at radius 3 is 2.52 bits per heavy atom. The standard InChI is InChI=1S/C17H34N2O2/c1-14(2)12-15(3)13-17(20)18-16-6-9-19(10-7-16)8-5-11-21-4/h14-16H,5-13H2,1-4H3,(H,18,20)/t15-/m1/s1. The molecule has 1 aliphatic heterocycles. The van der Waals surface area contributed by atoms with Crippen molar-refractivity contribution in [3.63, 3.8) is 0 Å². The maximum atomic E-state index is 12.1. The van der Waals surface area contributed by atoms with E-state index in [1.54, 1.807) is 7.11 Å². The van der Waals surface area contributed by atoms with E-state index in [2.05, 4.69) is 31.0 Å². The van der Waals surface area contributed by atoms with E-state index in [0.29, 0.717) is 24.3 Å². The van der Waals surface area contributed by atoms with Crippen molar-refractivity contribution in [2.24, 2.45) is 11.8 Å². The van der Waals surface area contributed by atoms with Crippen LogP contribution in [0.5, 0.6) is 0 Å². The van der Waals surface area contributed by atoms with E-state index in [1.165, 1.54) is 0 Å². The predicted octanol–water partition coefficient (Wildman–Crippen LogP) is 2.68. The molecule has 0 unspecified atom stereocenters. The molecule has 1 heterocycles. The van der Waals surface area contributed by atoms with Crippen molar-refractivity contribution in [2.75, 3.05) is 33.4 Å². The van der Waals surface area contributed by atoms with Crippen LogP contribution >= 0.6 is 0 Å². The van der Waals surface area contributed by atoms with Crippen LogP contribution in [0.4, 0.5) is 0 Å². The third-order valence-electron chi connectivity index (χ3n) is 4.18. The maximum Gasteiger partial charge on any atom is 0.220 e. The molecule has 21 heavy (non-hydrogen) atoms. The van der Waals surface area contributed by atoms with Crippen molar-refractivity contribution in [1.29, 1.82) is 0 Å². The maximum absolute atomic E-state index is 12.1. The van der Waals surface area contributed by atoms with Gasteiger partial charge in [-0.3, -0.25) is 4.79 Å². The lowest BCUT2D eigenvalue weighted by Gasteiger charge is -2.32. The molecule has 0 bridgehead atoms. The van der Waals surface area contributed by atoms with Crippen LogP contribution in [0.2, 0.25) is 0 Å². The quantitative estimate of drug-likeness (QED) is 0.665. The van der Waals surface area contributed by atoms with Crippen molar-refractivity contribution in [2.45, 2.75) is 58.9 Å². The number of ether oxygens (including phenoxy) is 1. The average molecular weight is 298 g/mol. The minimum absolute atomic E-state index is 0.237. The second-order valence-corrected chi connectivity index (χ2v) is 6.97. The van der Waals surface area contributed by atoms with Gasteiger partial charge in [0.2, 0.25) is 5.91 Å². The molecular formula is C17H34N2O2. The molecule has 0 aliphatic carbocycles. The summed E-state index contributed by atoms with van der Waals surface area (Å²) in [5.74, 6) is 1.39. The van der Waals surface area contributed by atoms with E-state index in [0.717, 1.165) is 51.9 Å². The second kappa shape index (κ2) is 10.2. The SMILES string of the molecule is COCCCN1CCC(NC(=O)C[C@H](C)CC(C)C)CC1. The summed E-state index contributed by atoms with van der Waals surface area (Å²) in [7, 11) is 1.75. The van der Waals surface area contributed by atoms with Gasteiger partial charge in [0.1, 0.15) is 0 Å². The van der Waals surface area contributed by atoms with E-state index in [-0.39, 0.29) is 5.91 Å². The van der Waals surface area contributed by atoms with Gasteiger partial charge in [0.15, 0.2) is 0 Å². The summed E-state index contributed by atoms with van der Waals surface area (Å²) in [6, 6.07) is 0.377. The van der Waals surface area contributed by atoms with Gasteiger partial charge in [0.05, 0.1) is 0 Å². The summed E-state index contributed by atoms with van der Waals surface area (Å²) in [6.07, 6.45) is 5.06. The number of carbonyl (C=O) groups excluding carboxylic acids is 1. The first-order chi connectivity index (χ1) is 10.0. The first-order valence-electron chi connectivity index (χ1n) is 8.52. The molecule has 0 aromatic heterocycles. The first kappa shape index (κ1) is 18.4. The summed E-state index contributed by atoms with van der Waals surface area (Å²) in [5, 5.41) is 3.22. The highest BCUT2D eigenvalue weighted by Gasteiger charge is 2.21. The highest BCUT2D eigenvalue weighted by atomic mass is 16.5.